The number of hydrogen-bond donors (Lipinski definition) is 1. The number of nitrogens with one attached hydrogen (secondary N) is 1. The van der Waals surface area contributed by atoms with Crippen molar-refractivity contribution in [1.82, 2.24) is 29.5 Å². The number of aromatic nitrogens is 5. The van der Waals surface area contributed by atoms with E-state index in [1.807, 2.05) is 54.3 Å². The van der Waals surface area contributed by atoms with E-state index in [-0.39, 0.29) is 5.91 Å². The first-order valence-corrected chi connectivity index (χ1v) is 10.1. The number of hydrogen-bond acceptors (Lipinski definition) is 7. The van der Waals surface area contributed by atoms with E-state index in [1.165, 1.54) is 0 Å². The fourth-order valence-electron chi connectivity index (χ4n) is 3.52. The molecule has 1 aromatic carbocycles. The lowest BCUT2D eigenvalue weighted by molar-refractivity contribution is 0.0303. The highest BCUT2D eigenvalue weighted by Gasteiger charge is 2.19. The normalized spacial score (nSPS) is 14.0. The van der Waals surface area contributed by atoms with Crippen LogP contribution in [0.3, 0.4) is 0 Å². The first-order valence-electron chi connectivity index (χ1n) is 10.1. The Kier molecular flexibility index (Phi) is 5.01. The number of morpholine rings is 1. The number of ether oxygens (including phenoxy) is 1. The molecule has 0 bridgehead atoms. The molecule has 1 aliphatic heterocycles. The van der Waals surface area contributed by atoms with Gasteiger partial charge in [0.25, 0.3) is 11.7 Å². The van der Waals surface area contributed by atoms with Gasteiger partial charge in [-0.3, -0.25) is 9.78 Å². The van der Waals surface area contributed by atoms with Crippen molar-refractivity contribution >= 4 is 23.2 Å². The fraction of sp³-hybridized carbons (Fsp3) is 0.227. The standard InChI is InChI=1S/C22H21N7O2/c1-15-12-19(29-22(24-15)26-20(27-29)17-5-3-7-23-14-17)25-18-6-2-4-16(13-18)21(30)28-8-10-31-11-9-28/h2-7,12-14,25H,8-11H2,1H3. The van der Waals surface area contributed by atoms with Crippen molar-refractivity contribution < 1.29 is 9.53 Å². The molecule has 9 nitrogen and oxygen atoms in total. The highest BCUT2D eigenvalue weighted by molar-refractivity contribution is 5.95. The number of aryl methyl sites for hydroxylation is 1. The van der Waals surface area contributed by atoms with Crippen molar-refractivity contribution in [2.24, 2.45) is 0 Å². The lowest BCUT2D eigenvalue weighted by atomic mass is 10.1. The van der Waals surface area contributed by atoms with Crippen LogP contribution in [-0.2, 0) is 4.74 Å². The number of carbonyl (C=O) groups excluding carboxylic acids is 1. The lowest BCUT2D eigenvalue weighted by Gasteiger charge is -2.27. The minimum absolute atomic E-state index is 0.00243. The third kappa shape index (κ3) is 3.95. The van der Waals surface area contributed by atoms with E-state index < -0.39 is 0 Å². The summed E-state index contributed by atoms with van der Waals surface area (Å²) in [5, 5.41) is 7.96. The van der Waals surface area contributed by atoms with Gasteiger partial charge in [0.15, 0.2) is 5.82 Å². The Morgan fingerprint density at radius 3 is 2.77 bits per heavy atom. The Balaban J connectivity index is 1.46. The number of nitrogens with zero attached hydrogens (tertiary/aromatic N) is 6. The zero-order chi connectivity index (χ0) is 21.2. The van der Waals surface area contributed by atoms with Gasteiger partial charge in [-0.25, -0.2) is 4.98 Å². The van der Waals surface area contributed by atoms with Crippen molar-refractivity contribution in [2.75, 3.05) is 31.6 Å². The maximum absolute atomic E-state index is 12.8. The van der Waals surface area contributed by atoms with Crippen LogP contribution >= 0.6 is 0 Å². The monoisotopic (exact) mass is 415 g/mol. The van der Waals surface area contributed by atoms with E-state index in [1.54, 1.807) is 16.9 Å². The summed E-state index contributed by atoms with van der Waals surface area (Å²) in [6.07, 6.45) is 3.43. The van der Waals surface area contributed by atoms with E-state index in [0.29, 0.717) is 49.3 Å². The summed E-state index contributed by atoms with van der Waals surface area (Å²) < 4.78 is 7.00. The van der Waals surface area contributed by atoms with Crippen molar-refractivity contribution in [3.05, 3.63) is 66.1 Å². The molecule has 5 rings (SSSR count). The van der Waals surface area contributed by atoms with Crippen molar-refractivity contribution in [2.45, 2.75) is 6.92 Å². The molecule has 0 radical (unpaired) electrons. The van der Waals surface area contributed by atoms with Gasteiger partial charge in [-0.1, -0.05) is 6.07 Å². The van der Waals surface area contributed by atoms with Crippen LogP contribution in [0.1, 0.15) is 16.1 Å². The van der Waals surface area contributed by atoms with E-state index in [9.17, 15) is 4.79 Å². The first kappa shape index (κ1) is 19.1. The summed E-state index contributed by atoms with van der Waals surface area (Å²) in [4.78, 5) is 27.8. The Labute approximate surface area is 178 Å². The molecular weight excluding hydrogens is 394 g/mol. The molecule has 0 aliphatic carbocycles. The zero-order valence-electron chi connectivity index (χ0n) is 17.0. The summed E-state index contributed by atoms with van der Waals surface area (Å²) in [6, 6.07) is 13.1. The molecule has 3 aromatic heterocycles. The molecule has 9 heteroatoms. The molecule has 0 atom stereocenters. The Morgan fingerprint density at radius 2 is 1.97 bits per heavy atom. The van der Waals surface area contributed by atoms with Crippen molar-refractivity contribution in [1.29, 1.82) is 0 Å². The van der Waals surface area contributed by atoms with E-state index in [4.69, 9.17) is 4.74 Å². The zero-order valence-corrected chi connectivity index (χ0v) is 17.0. The second-order valence-corrected chi connectivity index (χ2v) is 7.28. The molecule has 4 aromatic rings. The molecule has 1 aliphatic rings. The topological polar surface area (TPSA) is 97.5 Å². The second kappa shape index (κ2) is 8.11. The largest absolute Gasteiger partial charge is 0.378 e. The smallest absolute Gasteiger partial charge is 0.254 e. The molecule has 31 heavy (non-hydrogen) atoms. The van der Waals surface area contributed by atoms with Crippen LogP contribution in [0.2, 0.25) is 0 Å². The highest BCUT2D eigenvalue weighted by atomic mass is 16.5. The van der Waals surface area contributed by atoms with Gasteiger partial charge in [0, 0.05) is 54.1 Å². The summed E-state index contributed by atoms with van der Waals surface area (Å²) in [5.74, 6) is 1.75. The van der Waals surface area contributed by atoms with Crippen LogP contribution < -0.4 is 5.32 Å². The predicted molar refractivity (Wildman–Crippen MR) is 115 cm³/mol. The second-order valence-electron chi connectivity index (χ2n) is 7.28. The van der Waals surface area contributed by atoms with Crippen LogP contribution in [0, 0.1) is 6.92 Å². The van der Waals surface area contributed by atoms with Crippen LogP contribution in [0.5, 0.6) is 0 Å². The number of benzene rings is 1. The molecule has 1 fully saturated rings. The van der Waals surface area contributed by atoms with Crippen LogP contribution in [0.4, 0.5) is 11.5 Å². The third-order valence-electron chi connectivity index (χ3n) is 5.04. The van der Waals surface area contributed by atoms with Gasteiger partial charge < -0.3 is 15.0 Å². The van der Waals surface area contributed by atoms with Gasteiger partial charge in [0.05, 0.1) is 13.2 Å². The molecule has 1 saturated heterocycles. The lowest BCUT2D eigenvalue weighted by Crippen LogP contribution is -2.40. The maximum atomic E-state index is 12.8. The molecule has 156 valence electrons. The molecule has 1 amide bonds. The van der Waals surface area contributed by atoms with E-state index in [2.05, 4.69) is 25.4 Å². The Morgan fingerprint density at radius 1 is 1.10 bits per heavy atom. The minimum atomic E-state index is 0.00243. The average Bonchev–Trinajstić information content (AvgIpc) is 3.24. The van der Waals surface area contributed by atoms with Crippen LogP contribution in [-0.4, -0.2) is 61.7 Å². The summed E-state index contributed by atoms with van der Waals surface area (Å²) in [7, 11) is 0. The molecular formula is C22H21N7O2. The molecule has 0 spiro atoms. The predicted octanol–water partition coefficient (Wildman–Crippen LogP) is 2.71. The number of fused-ring (bicyclic) bond motifs is 1. The Hall–Kier alpha value is -3.85. The third-order valence-corrected chi connectivity index (χ3v) is 5.04. The van der Waals surface area contributed by atoms with Gasteiger partial charge in [0.1, 0.15) is 5.82 Å². The molecule has 4 heterocycles. The highest BCUT2D eigenvalue weighted by Crippen LogP contribution is 2.22. The van der Waals surface area contributed by atoms with Gasteiger partial charge in [-0.2, -0.15) is 9.50 Å². The number of rotatable bonds is 4. The van der Waals surface area contributed by atoms with Gasteiger partial charge >= 0.3 is 0 Å². The molecule has 1 N–H and O–H groups in total. The number of carbonyl (C=O) groups is 1. The number of anilines is 2. The molecule has 0 saturated carbocycles. The first-order chi connectivity index (χ1) is 15.2. The fourth-order valence-corrected chi connectivity index (χ4v) is 3.52. The summed E-state index contributed by atoms with van der Waals surface area (Å²) in [5.41, 5.74) is 3.03. The summed E-state index contributed by atoms with van der Waals surface area (Å²) >= 11 is 0. The van der Waals surface area contributed by atoms with Gasteiger partial charge in [-0.15, -0.1) is 5.10 Å². The van der Waals surface area contributed by atoms with Crippen molar-refractivity contribution in [3.63, 3.8) is 0 Å². The van der Waals surface area contributed by atoms with Crippen LogP contribution in [0.15, 0.2) is 54.9 Å². The number of pyridine rings is 1. The van der Waals surface area contributed by atoms with Gasteiger partial charge in [-0.05, 0) is 37.3 Å². The number of amides is 1. The quantitative estimate of drug-likeness (QED) is 0.547. The average molecular weight is 415 g/mol. The van der Waals surface area contributed by atoms with Crippen LogP contribution in [0.25, 0.3) is 17.2 Å². The van der Waals surface area contributed by atoms with E-state index in [0.717, 1.165) is 16.9 Å². The SMILES string of the molecule is Cc1cc(Nc2cccc(C(=O)N3CCOCC3)c2)n2nc(-c3cccnc3)nc2n1. The van der Waals surface area contributed by atoms with Gasteiger partial charge in [0.2, 0.25) is 0 Å². The van der Waals surface area contributed by atoms with Crippen molar-refractivity contribution in [3.8, 4) is 11.4 Å². The minimum Gasteiger partial charge on any atom is -0.378 e. The Bertz CT molecular complexity index is 1230. The molecule has 0 unspecified atom stereocenters. The maximum Gasteiger partial charge on any atom is 0.254 e. The van der Waals surface area contributed by atoms with E-state index >= 15 is 0 Å². The summed E-state index contributed by atoms with van der Waals surface area (Å²) in [6.45, 7) is 4.27.